The van der Waals surface area contributed by atoms with Crippen LogP contribution in [0.5, 0.6) is 5.75 Å². The number of carbonyl (C=O) groups is 2. The molecular formula is C23H29N3O3. The molecule has 0 bridgehead atoms. The number of nitrogens with zero attached hydrogens (tertiary/aromatic N) is 2. The number of benzene rings is 2. The minimum Gasteiger partial charge on any atom is -0.489 e. The van der Waals surface area contributed by atoms with E-state index in [1.54, 1.807) is 6.07 Å². The van der Waals surface area contributed by atoms with Gasteiger partial charge in [-0.2, -0.15) is 0 Å². The second-order valence-electron chi connectivity index (χ2n) is 7.33. The van der Waals surface area contributed by atoms with Crippen LogP contribution in [-0.2, 0) is 11.4 Å². The zero-order chi connectivity index (χ0) is 20.6. The topological polar surface area (TPSA) is 61.9 Å². The first-order valence-corrected chi connectivity index (χ1v) is 10.1. The maximum absolute atomic E-state index is 12.9. The molecule has 0 aromatic heterocycles. The van der Waals surface area contributed by atoms with Crippen LogP contribution in [0.3, 0.4) is 0 Å². The SMILES string of the molecule is CCNC(=O)CN1CCN(C(=O)c2cccc(OCc3cccc(C)c3)c2)CC1. The van der Waals surface area contributed by atoms with Gasteiger partial charge >= 0.3 is 0 Å². The number of carbonyl (C=O) groups excluding carboxylic acids is 2. The Bertz CT molecular complexity index is 845. The first-order chi connectivity index (χ1) is 14.0. The highest BCUT2D eigenvalue weighted by molar-refractivity contribution is 5.94. The molecule has 0 saturated carbocycles. The summed E-state index contributed by atoms with van der Waals surface area (Å²) < 4.78 is 5.89. The van der Waals surface area contributed by atoms with Gasteiger partial charge in [0.1, 0.15) is 12.4 Å². The molecule has 0 atom stereocenters. The number of nitrogens with one attached hydrogen (secondary N) is 1. The predicted octanol–water partition coefficient (Wildman–Crippen LogP) is 2.47. The molecule has 6 heteroatoms. The van der Waals surface area contributed by atoms with E-state index in [1.807, 2.05) is 42.2 Å². The molecule has 1 heterocycles. The lowest BCUT2D eigenvalue weighted by Gasteiger charge is -2.34. The van der Waals surface area contributed by atoms with Crippen molar-refractivity contribution in [3.8, 4) is 5.75 Å². The first-order valence-electron chi connectivity index (χ1n) is 10.1. The van der Waals surface area contributed by atoms with Gasteiger partial charge in [-0.05, 0) is 37.6 Å². The van der Waals surface area contributed by atoms with Crippen LogP contribution in [0, 0.1) is 6.92 Å². The van der Waals surface area contributed by atoms with E-state index in [4.69, 9.17) is 4.74 Å². The number of rotatable bonds is 7. The van der Waals surface area contributed by atoms with Crippen molar-refractivity contribution in [2.45, 2.75) is 20.5 Å². The van der Waals surface area contributed by atoms with Gasteiger partial charge in [-0.1, -0.05) is 35.9 Å². The van der Waals surface area contributed by atoms with Crippen molar-refractivity contribution in [1.82, 2.24) is 15.1 Å². The minimum absolute atomic E-state index is 0.00339. The molecule has 1 fully saturated rings. The second-order valence-corrected chi connectivity index (χ2v) is 7.33. The van der Waals surface area contributed by atoms with E-state index in [1.165, 1.54) is 5.56 Å². The van der Waals surface area contributed by atoms with Crippen molar-refractivity contribution >= 4 is 11.8 Å². The van der Waals surface area contributed by atoms with Gasteiger partial charge in [0.2, 0.25) is 5.91 Å². The molecule has 6 nitrogen and oxygen atoms in total. The summed E-state index contributed by atoms with van der Waals surface area (Å²) in [6.45, 7) is 8.10. The third kappa shape index (κ3) is 6.06. The lowest BCUT2D eigenvalue weighted by atomic mass is 10.1. The highest BCUT2D eigenvalue weighted by Crippen LogP contribution is 2.18. The summed E-state index contributed by atoms with van der Waals surface area (Å²) in [5.41, 5.74) is 2.93. The molecule has 2 aromatic rings. The van der Waals surface area contributed by atoms with Crippen LogP contribution in [0.1, 0.15) is 28.4 Å². The highest BCUT2D eigenvalue weighted by atomic mass is 16.5. The molecule has 154 valence electrons. The molecule has 1 aliphatic heterocycles. The lowest BCUT2D eigenvalue weighted by molar-refractivity contribution is -0.122. The van der Waals surface area contributed by atoms with Gasteiger partial charge in [0.15, 0.2) is 0 Å². The van der Waals surface area contributed by atoms with Gasteiger partial charge in [-0.25, -0.2) is 0 Å². The number of amides is 2. The Morgan fingerprint density at radius 3 is 2.52 bits per heavy atom. The molecule has 0 radical (unpaired) electrons. The van der Waals surface area contributed by atoms with Crippen LogP contribution < -0.4 is 10.1 Å². The van der Waals surface area contributed by atoms with Crippen LogP contribution in [0.25, 0.3) is 0 Å². The molecule has 2 amide bonds. The van der Waals surface area contributed by atoms with E-state index in [-0.39, 0.29) is 11.8 Å². The van der Waals surface area contributed by atoms with Gasteiger partial charge in [-0.15, -0.1) is 0 Å². The van der Waals surface area contributed by atoms with E-state index in [9.17, 15) is 9.59 Å². The standard InChI is InChI=1S/C23H29N3O3/c1-3-24-22(27)16-25-10-12-26(13-11-25)23(28)20-8-5-9-21(15-20)29-17-19-7-4-6-18(2)14-19/h4-9,14-15H,3,10-13,16-17H2,1-2H3,(H,24,27). The average molecular weight is 396 g/mol. The van der Waals surface area contributed by atoms with Crippen LogP contribution in [0.15, 0.2) is 48.5 Å². The van der Waals surface area contributed by atoms with E-state index in [0.29, 0.717) is 57.2 Å². The molecule has 1 N–H and O–H groups in total. The molecule has 29 heavy (non-hydrogen) atoms. The number of hydrogen-bond donors (Lipinski definition) is 1. The van der Waals surface area contributed by atoms with Crippen molar-refractivity contribution < 1.29 is 14.3 Å². The van der Waals surface area contributed by atoms with E-state index in [2.05, 4.69) is 29.3 Å². The van der Waals surface area contributed by atoms with Gasteiger partial charge in [0.25, 0.3) is 5.91 Å². The van der Waals surface area contributed by atoms with Crippen molar-refractivity contribution in [2.24, 2.45) is 0 Å². The third-order valence-electron chi connectivity index (χ3n) is 4.97. The highest BCUT2D eigenvalue weighted by Gasteiger charge is 2.23. The van der Waals surface area contributed by atoms with Crippen LogP contribution in [0.4, 0.5) is 0 Å². The van der Waals surface area contributed by atoms with Crippen LogP contribution >= 0.6 is 0 Å². The summed E-state index contributed by atoms with van der Waals surface area (Å²) in [7, 11) is 0. The zero-order valence-electron chi connectivity index (χ0n) is 17.2. The predicted molar refractivity (Wildman–Crippen MR) is 113 cm³/mol. The van der Waals surface area contributed by atoms with E-state index >= 15 is 0 Å². The lowest BCUT2D eigenvalue weighted by Crippen LogP contribution is -2.51. The molecule has 0 unspecified atom stereocenters. The summed E-state index contributed by atoms with van der Waals surface area (Å²) in [6.07, 6.45) is 0. The number of aryl methyl sites for hydroxylation is 1. The van der Waals surface area contributed by atoms with Crippen molar-refractivity contribution in [3.63, 3.8) is 0 Å². The third-order valence-corrected chi connectivity index (χ3v) is 4.97. The first kappa shape index (κ1) is 20.9. The molecule has 3 rings (SSSR count). The molecule has 2 aromatic carbocycles. The van der Waals surface area contributed by atoms with Gasteiger partial charge in [-0.3, -0.25) is 14.5 Å². The Balaban J connectivity index is 1.53. The maximum Gasteiger partial charge on any atom is 0.254 e. The van der Waals surface area contributed by atoms with Gasteiger partial charge in [0, 0.05) is 38.3 Å². The Labute approximate surface area is 172 Å². The number of ether oxygens (including phenoxy) is 1. The fourth-order valence-electron chi connectivity index (χ4n) is 3.44. The van der Waals surface area contributed by atoms with Crippen molar-refractivity contribution in [2.75, 3.05) is 39.3 Å². The number of likely N-dealkylation sites (N-methyl/N-ethyl adjacent to an activating group) is 1. The molecule has 1 aliphatic rings. The summed E-state index contributed by atoms with van der Waals surface area (Å²) in [4.78, 5) is 28.5. The summed E-state index contributed by atoms with van der Waals surface area (Å²) in [5.74, 6) is 0.724. The van der Waals surface area contributed by atoms with Gasteiger partial charge < -0.3 is 15.0 Å². The second kappa shape index (κ2) is 10.1. The summed E-state index contributed by atoms with van der Waals surface area (Å²) >= 11 is 0. The summed E-state index contributed by atoms with van der Waals surface area (Å²) in [6, 6.07) is 15.5. The van der Waals surface area contributed by atoms with E-state index < -0.39 is 0 Å². The van der Waals surface area contributed by atoms with Crippen LogP contribution in [-0.4, -0.2) is 60.9 Å². The van der Waals surface area contributed by atoms with Crippen molar-refractivity contribution in [3.05, 3.63) is 65.2 Å². The quantitative estimate of drug-likeness (QED) is 0.782. The Morgan fingerprint density at radius 2 is 1.79 bits per heavy atom. The average Bonchev–Trinajstić information content (AvgIpc) is 2.73. The zero-order valence-corrected chi connectivity index (χ0v) is 17.2. The van der Waals surface area contributed by atoms with Crippen LogP contribution in [0.2, 0.25) is 0 Å². The number of hydrogen-bond acceptors (Lipinski definition) is 4. The fraction of sp³-hybridized carbons (Fsp3) is 0.391. The van der Waals surface area contributed by atoms with E-state index in [0.717, 1.165) is 5.56 Å². The Kier molecular flexibility index (Phi) is 7.25. The summed E-state index contributed by atoms with van der Waals surface area (Å²) in [5, 5.41) is 2.81. The Morgan fingerprint density at radius 1 is 1.03 bits per heavy atom. The van der Waals surface area contributed by atoms with Crippen molar-refractivity contribution in [1.29, 1.82) is 0 Å². The normalized spacial score (nSPS) is 14.5. The molecule has 0 aliphatic carbocycles. The molecular weight excluding hydrogens is 366 g/mol. The largest absolute Gasteiger partial charge is 0.489 e. The smallest absolute Gasteiger partial charge is 0.254 e. The monoisotopic (exact) mass is 395 g/mol. The molecule has 1 saturated heterocycles. The molecule has 0 spiro atoms. The minimum atomic E-state index is 0.00339. The number of piperazine rings is 1. The van der Waals surface area contributed by atoms with Gasteiger partial charge in [0.05, 0.1) is 6.54 Å². The Hall–Kier alpha value is -2.86. The maximum atomic E-state index is 12.9. The fourth-order valence-corrected chi connectivity index (χ4v) is 3.44.